The van der Waals surface area contributed by atoms with Crippen molar-refractivity contribution >= 4 is 17.7 Å². The van der Waals surface area contributed by atoms with Gasteiger partial charge in [-0.05, 0) is 35.6 Å². The number of nitrogens with one attached hydrogen (secondary N) is 1. The molecule has 0 saturated carbocycles. The summed E-state index contributed by atoms with van der Waals surface area (Å²) in [6.45, 7) is 2.76. The van der Waals surface area contributed by atoms with E-state index >= 15 is 0 Å². The second kappa shape index (κ2) is 7.59. The van der Waals surface area contributed by atoms with Gasteiger partial charge >= 0.3 is 0 Å². The maximum Gasteiger partial charge on any atom is 0.255 e. The van der Waals surface area contributed by atoms with Crippen LogP contribution in [0.4, 0.5) is 0 Å². The van der Waals surface area contributed by atoms with Gasteiger partial charge in [-0.1, -0.05) is 42.5 Å². The van der Waals surface area contributed by atoms with E-state index in [2.05, 4.69) is 28.4 Å². The Kier molecular flexibility index (Phi) is 4.87. The summed E-state index contributed by atoms with van der Waals surface area (Å²) in [4.78, 5) is 40.8. The zero-order valence-corrected chi connectivity index (χ0v) is 17.3. The van der Waals surface area contributed by atoms with Crippen LogP contribution < -0.4 is 11.1 Å². The molecule has 31 heavy (non-hydrogen) atoms. The first-order valence-corrected chi connectivity index (χ1v) is 10.8. The molecule has 2 aromatic carbocycles. The van der Waals surface area contributed by atoms with Crippen molar-refractivity contribution in [3.05, 3.63) is 70.8 Å². The highest BCUT2D eigenvalue weighted by Gasteiger charge is 2.41. The normalized spacial score (nSPS) is 26.3. The molecule has 2 atom stereocenters. The molecule has 0 radical (unpaired) electrons. The summed E-state index contributed by atoms with van der Waals surface area (Å²) in [6, 6.07) is 15.4. The third kappa shape index (κ3) is 3.54. The molecule has 3 N–H and O–H groups in total. The van der Waals surface area contributed by atoms with Crippen molar-refractivity contribution in [1.82, 2.24) is 15.1 Å². The Labute approximate surface area is 181 Å². The van der Waals surface area contributed by atoms with Crippen LogP contribution in [0.1, 0.15) is 46.3 Å². The van der Waals surface area contributed by atoms with Gasteiger partial charge in [0.1, 0.15) is 6.04 Å². The van der Waals surface area contributed by atoms with E-state index in [1.807, 2.05) is 30.3 Å². The Hall–Kier alpha value is -3.03. The molecule has 0 bridgehead atoms. The lowest BCUT2D eigenvalue weighted by Crippen LogP contribution is -2.52. The number of piperidine rings is 1. The van der Waals surface area contributed by atoms with E-state index in [0.717, 1.165) is 36.2 Å². The van der Waals surface area contributed by atoms with Crippen LogP contribution in [0.25, 0.3) is 0 Å². The predicted octanol–water partition coefficient (Wildman–Crippen LogP) is 1.51. The molecule has 7 nitrogen and oxygen atoms in total. The maximum absolute atomic E-state index is 13.0. The number of fused-ring (bicyclic) bond motifs is 1. The molecule has 7 heteroatoms. The molecule has 160 valence electrons. The lowest BCUT2D eigenvalue weighted by Gasteiger charge is -2.29. The van der Waals surface area contributed by atoms with E-state index in [9.17, 15) is 14.4 Å². The van der Waals surface area contributed by atoms with Gasteiger partial charge in [0.05, 0.1) is 5.54 Å². The molecule has 2 aromatic rings. The van der Waals surface area contributed by atoms with Gasteiger partial charge < -0.3 is 10.6 Å². The highest BCUT2D eigenvalue weighted by Crippen LogP contribution is 2.33. The molecule has 3 aliphatic rings. The first-order chi connectivity index (χ1) is 14.9. The third-order valence-corrected chi connectivity index (χ3v) is 6.80. The Balaban J connectivity index is 1.33. The Bertz CT molecular complexity index is 1050. The lowest BCUT2D eigenvalue weighted by molar-refractivity contribution is -0.136. The first-order valence-electron chi connectivity index (χ1n) is 10.8. The quantitative estimate of drug-likeness (QED) is 0.734. The van der Waals surface area contributed by atoms with Crippen LogP contribution in [0.3, 0.4) is 0 Å². The topological polar surface area (TPSA) is 95.7 Å². The number of amides is 3. The number of benzene rings is 2. The number of rotatable bonds is 4. The van der Waals surface area contributed by atoms with Gasteiger partial charge in [-0.2, -0.15) is 0 Å². The molecule has 3 aliphatic heterocycles. The zero-order chi connectivity index (χ0) is 21.6. The van der Waals surface area contributed by atoms with Crippen molar-refractivity contribution in [2.75, 3.05) is 13.1 Å². The summed E-state index contributed by atoms with van der Waals surface area (Å²) in [5.41, 5.74) is 10.2. The first kappa shape index (κ1) is 19.9. The number of hydrogen-bond acceptors (Lipinski definition) is 5. The predicted molar refractivity (Wildman–Crippen MR) is 115 cm³/mol. The van der Waals surface area contributed by atoms with Gasteiger partial charge in [0.2, 0.25) is 11.8 Å². The van der Waals surface area contributed by atoms with Gasteiger partial charge in [0.25, 0.3) is 5.91 Å². The van der Waals surface area contributed by atoms with Gasteiger partial charge in [0, 0.05) is 38.2 Å². The summed E-state index contributed by atoms with van der Waals surface area (Å²) in [5.74, 6) is -0.789. The summed E-state index contributed by atoms with van der Waals surface area (Å²) in [5, 5.41) is 2.36. The SMILES string of the molecule is NC1(c2ccccc2)CCN(Cc2cccc3c2CN(C2CCC(=O)NC2=O)C3=O)C1. The van der Waals surface area contributed by atoms with E-state index in [0.29, 0.717) is 25.1 Å². The summed E-state index contributed by atoms with van der Waals surface area (Å²) in [7, 11) is 0. The van der Waals surface area contributed by atoms with Gasteiger partial charge in [-0.25, -0.2) is 0 Å². The maximum atomic E-state index is 13.0. The number of nitrogens with two attached hydrogens (primary N) is 1. The lowest BCUT2D eigenvalue weighted by atomic mass is 9.90. The largest absolute Gasteiger partial charge is 0.322 e. The molecule has 0 aromatic heterocycles. The number of carbonyl (C=O) groups is 3. The average Bonchev–Trinajstić information content (AvgIpc) is 3.31. The van der Waals surface area contributed by atoms with Crippen LogP contribution in [0.5, 0.6) is 0 Å². The minimum absolute atomic E-state index is 0.134. The van der Waals surface area contributed by atoms with Gasteiger partial charge in [-0.15, -0.1) is 0 Å². The molecule has 0 aliphatic carbocycles. The second-order valence-corrected chi connectivity index (χ2v) is 8.83. The zero-order valence-electron chi connectivity index (χ0n) is 17.3. The summed E-state index contributed by atoms with van der Waals surface area (Å²) < 4.78 is 0. The summed E-state index contributed by atoms with van der Waals surface area (Å²) >= 11 is 0. The standard InChI is InChI=1S/C24H26N4O3/c25-24(17-6-2-1-3-7-17)11-12-27(15-24)13-16-5-4-8-18-19(16)14-28(23(18)31)20-9-10-21(29)26-22(20)30/h1-8,20H,9-15,25H2,(H,26,29,30). The smallest absolute Gasteiger partial charge is 0.255 e. The molecule has 2 saturated heterocycles. The van der Waals surface area contributed by atoms with Crippen molar-refractivity contribution in [2.24, 2.45) is 5.73 Å². The fourth-order valence-corrected chi connectivity index (χ4v) is 5.09. The van der Waals surface area contributed by atoms with E-state index in [1.165, 1.54) is 0 Å². The minimum atomic E-state index is -0.591. The van der Waals surface area contributed by atoms with Crippen LogP contribution >= 0.6 is 0 Å². The number of carbonyl (C=O) groups excluding carboxylic acids is 3. The van der Waals surface area contributed by atoms with Crippen LogP contribution in [0.2, 0.25) is 0 Å². The molecule has 2 unspecified atom stereocenters. The molecule has 5 rings (SSSR count). The van der Waals surface area contributed by atoms with Crippen molar-refractivity contribution in [2.45, 2.75) is 43.9 Å². The monoisotopic (exact) mass is 418 g/mol. The Morgan fingerprint density at radius 1 is 1.06 bits per heavy atom. The highest BCUT2D eigenvalue weighted by molar-refractivity contribution is 6.05. The van der Waals surface area contributed by atoms with E-state index in [1.54, 1.807) is 4.90 Å². The van der Waals surface area contributed by atoms with Crippen LogP contribution in [0.15, 0.2) is 48.5 Å². The van der Waals surface area contributed by atoms with E-state index in [4.69, 9.17) is 5.73 Å². The van der Waals surface area contributed by atoms with Crippen LogP contribution in [-0.4, -0.2) is 46.7 Å². The molecule has 2 fully saturated rings. The Morgan fingerprint density at radius 3 is 2.65 bits per heavy atom. The molecule has 3 heterocycles. The van der Waals surface area contributed by atoms with Crippen LogP contribution in [0, 0.1) is 0 Å². The minimum Gasteiger partial charge on any atom is -0.322 e. The molecule has 3 amide bonds. The van der Waals surface area contributed by atoms with Gasteiger partial charge in [-0.3, -0.25) is 24.6 Å². The van der Waals surface area contributed by atoms with Crippen molar-refractivity contribution in [1.29, 1.82) is 0 Å². The highest BCUT2D eigenvalue weighted by atomic mass is 16.2. The fraction of sp³-hybridized carbons (Fsp3) is 0.375. The molecular weight excluding hydrogens is 392 g/mol. The molecular formula is C24H26N4O3. The van der Waals surface area contributed by atoms with Crippen LogP contribution in [-0.2, 0) is 28.2 Å². The third-order valence-electron chi connectivity index (χ3n) is 6.80. The number of imide groups is 1. The van der Waals surface area contributed by atoms with E-state index < -0.39 is 6.04 Å². The van der Waals surface area contributed by atoms with Gasteiger partial charge in [0.15, 0.2) is 0 Å². The van der Waals surface area contributed by atoms with Crippen molar-refractivity contribution in [3.8, 4) is 0 Å². The molecule has 0 spiro atoms. The van der Waals surface area contributed by atoms with E-state index in [-0.39, 0.29) is 29.7 Å². The number of nitrogens with zero attached hydrogens (tertiary/aromatic N) is 2. The average molecular weight is 418 g/mol. The number of likely N-dealkylation sites (tertiary alicyclic amines) is 1. The fourth-order valence-electron chi connectivity index (χ4n) is 5.09. The Morgan fingerprint density at radius 2 is 1.87 bits per heavy atom. The summed E-state index contributed by atoms with van der Waals surface area (Å²) in [6.07, 6.45) is 1.52. The van der Waals surface area contributed by atoms with Crippen molar-refractivity contribution < 1.29 is 14.4 Å². The number of hydrogen-bond donors (Lipinski definition) is 2. The second-order valence-electron chi connectivity index (χ2n) is 8.83. The van der Waals surface area contributed by atoms with Crippen molar-refractivity contribution in [3.63, 3.8) is 0 Å².